The van der Waals surface area contributed by atoms with Crippen LogP contribution in [-0.2, 0) is 5.75 Å². The second-order valence-corrected chi connectivity index (χ2v) is 8.68. The second kappa shape index (κ2) is 11.1. The van der Waals surface area contributed by atoms with Gasteiger partial charge in [-0.3, -0.25) is 0 Å². The number of aromatic nitrogens is 2. The maximum absolute atomic E-state index is 13.4. The highest BCUT2D eigenvalue weighted by Gasteiger charge is 2.21. The number of halogens is 2. The predicted molar refractivity (Wildman–Crippen MR) is 133 cm³/mol. The first-order valence-electron chi connectivity index (χ1n) is 10.5. The summed E-state index contributed by atoms with van der Waals surface area (Å²) >= 11 is 7.05. The Kier molecular flexibility index (Phi) is 7.71. The molecule has 0 aliphatic rings. The fraction of sp³-hybridized carbons (Fsp3) is 0.120. The third-order valence-corrected chi connectivity index (χ3v) is 6.29. The average molecular weight is 522 g/mol. The first kappa shape index (κ1) is 25.0. The van der Waals surface area contributed by atoms with Gasteiger partial charge in [0.05, 0.1) is 22.9 Å². The van der Waals surface area contributed by atoms with Crippen LogP contribution in [-0.4, -0.2) is 28.3 Å². The molecule has 0 amide bonds. The van der Waals surface area contributed by atoms with Crippen molar-refractivity contribution in [3.63, 3.8) is 0 Å². The Balaban J connectivity index is 1.63. The number of nitrogens with zero attached hydrogens (tertiary/aromatic N) is 4. The van der Waals surface area contributed by atoms with Gasteiger partial charge in [0.25, 0.3) is 0 Å². The number of ether oxygens (including phenoxy) is 1. The molecule has 0 aliphatic heterocycles. The van der Waals surface area contributed by atoms with Crippen molar-refractivity contribution < 1.29 is 18.7 Å². The van der Waals surface area contributed by atoms with Crippen LogP contribution in [0.5, 0.6) is 5.75 Å². The zero-order valence-electron chi connectivity index (χ0n) is 18.5. The van der Waals surface area contributed by atoms with Crippen molar-refractivity contribution in [1.82, 2.24) is 9.97 Å². The smallest absolute Gasteiger partial charge is 0.226 e. The molecule has 0 aliphatic carbocycles. The molecule has 0 bridgehead atoms. The molecule has 2 aromatic carbocycles. The van der Waals surface area contributed by atoms with Crippen LogP contribution in [0.4, 0.5) is 10.2 Å². The quantitative estimate of drug-likeness (QED) is 0.299. The molecule has 3 N–H and O–H groups in total. The topological polar surface area (TPSA) is 142 Å². The molecule has 0 saturated carbocycles. The normalized spacial score (nSPS) is 10.6. The summed E-state index contributed by atoms with van der Waals surface area (Å²) in [6.45, 7) is 0.0260. The van der Waals surface area contributed by atoms with Crippen molar-refractivity contribution in [2.24, 2.45) is 0 Å². The van der Waals surface area contributed by atoms with Crippen molar-refractivity contribution >= 4 is 29.2 Å². The summed E-state index contributed by atoms with van der Waals surface area (Å²) in [7, 11) is 0. The number of nitrogen functional groups attached to an aromatic ring is 1. The Bertz CT molecular complexity index is 1500. The molecular formula is C25H17ClFN5O3S. The van der Waals surface area contributed by atoms with Crippen molar-refractivity contribution in [1.29, 1.82) is 10.5 Å². The molecule has 2 aromatic heterocycles. The van der Waals surface area contributed by atoms with Gasteiger partial charge in [-0.15, -0.1) is 0 Å². The number of rotatable bonds is 8. The molecule has 0 atom stereocenters. The number of thioether (sulfide) groups is 1. The number of nitriles is 2. The van der Waals surface area contributed by atoms with E-state index in [1.165, 1.54) is 36.2 Å². The third-order valence-electron chi connectivity index (χ3n) is 4.99. The maximum atomic E-state index is 13.4. The van der Waals surface area contributed by atoms with E-state index < -0.39 is 5.82 Å². The Morgan fingerprint density at radius 3 is 2.47 bits per heavy atom. The summed E-state index contributed by atoms with van der Waals surface area (Å²) in [5.74, 6) is 0.546. The Morgan fingerprint density at radius 1 is 1.08 bits per heavy atom. The van der Waals surface area contributed by atoms with E-state index in [1.807, 2.05) is 6.07 Å². The number of hydrogen-bond acceptors (Lipinski definition) is 9. The molecule has 0 spiro atoms. The molecule has 0 unspecified atom stereocenters. The van der Waals surface area contributed by atoms with E-state index in [0.29, 0.717) is 38.9 Å². The van der Waals surface area contributed by atoms with Crippen LogP contribution < -0.4 is 10.5 Å². The fourth-order valence-corrected chi connectivity index (χ4v) is 4.40. The van der Waals surface area contributed by atoms with Crippen molar-refractivity contribution in [3.8, 4) is 40.5 Å². The molecule has 0 fully saturated rings. The number of nitrogens with two attached hydrogens (primary N) is 1. The number of aliphatic hydroxyl groups excluding tert-OH is 1. The van der Waals surface area contributed by atoms with E-state index in [9.17, 15) is 14.9 Å². The monoisotopic (exact) mass is 521 g/mol. The van der Waals surface area contributed by atoms with E-state index in [-0.39, 0.29) is 41.1 Å². The molecule has 8 nitrogen and oxygen atoms in total. The van der Waals surface area contributed by atoms with Gasteiger partial charge >= 0.3 is 0 Å². The van der Waals surface area contributed by atoms with E-state index in [2.05, 4.69) is 16.0 Å². The number of oxazole rings is 1. The first-order valence-corrected chi connectivity index (χ1v) is 11.8. The zero-order chi connectivity index (χ0) is 25.7. The lowest BCUT2D eigenvalue weighted by molar-refractivity contribution is 0.201. The van der Waals surface area contributed by atoms with Crippen LogP contribution in [0.15, 0.2) is 58.2 Å². The first-order chi connectivity index (χ1) is 17.4. The summed E-state index contributed by atoms with van der Waals surface area (Å²) < 4.78 is 24.3. The number of aliphatic hydroxyl groups is 1. The molecule has 180 valence electrons. The van der Waals surface area contributed by atoms with E-state index in [4.69, 9.17) is 31.6 Å². The SMILES string of the molecule is N#Cc1c(N)nc(SCc2coc(-c3ccc(F)c(Cl)c3)n2)c(C#N)c1-c1ccc(OCCO)cc1. The van der Waals surface area contributed by atoms with Gasteiger partial charge in [0.1, 0.15) is 53.0 Å². The minimum Gasteiger partial charge on any atom is -0.491 e. The van der Waals surface area contributed by atoms with Crippen molar-refractivity contribution in [3.05, 3.63) is 76.4 Å². The highest BCUT2D eigenvalue weighted by atomic mass is 35.5. The lowest BCUT2D eigenvalue weighted by Crippen LogP contribution is -2.04. The standard InChI is InChI=1S/C25H17ClFN5O3S/c26-20-9-15(3-6-21(20)27)24-31-16(12-35-24)13-36-25-19(11-29)22(18(10-28)23(30)32-25)14-1-4-17(5-2-14)34-8-7-33/h1-6,9,12,33H,7-8,13H2,(H2,30,32). The molecule has 4 rings (SSSR count). The Morgan fingerprint density at radius 2 is 1.81 bits per heavy atom. The summed E-state index contributed by atoms with van der Waals surface area (Å²) in [5, 5.41) is 28.9. The minimum absolute atomic E-state index is 0.00333. The van der Waals surface area contributed by atoms with E-state index >= 15 is 0 Å². The van der Waals surface area contributed by atoms with Crippen molar-refractivity contribution in [2.75, 3.05) is 18.9 Å². The number of pyridine rings is 1. The summed E-state index contributed by atoms with van der Waals surface area (Å²) in [4.78, 5) is 8.68. The van der Waals surface area contributed by atoms with Crippen molar-refractivity contribution in [2.45, 2.75) is 10.8 Å². The van der Waals surface area contributed by atoms with Gasteiger partial charge < -0.3 is 20.0 Å². The molecule has 2 heterocycles. The van der Waals surface area contributed by atoms with Crippen LogP contribution in [0.1, 0.15) is 16.8 Å². The number of anilines is 1. The van der Waals surface area contributed by atoms with Gasteiger partial charge in [-0.2, -0.15) is 10.5 Å². The van der Waals surface area contributed by atoms with E-state index in [0.717, 1.165) is 0 Å². The highest BCUT2D eigenvalue weighted by Crippen LogP contribution is 2.37. The number of hydrogen-bond donors (Lipinski definition) is 2. The molecule has 36 heavy (non-hydrogen) atoms. The fourth-order valence-electron chi connectivity index (χ4n) is 3.35. The number of benzene rings is 2. The maximum Gasteiger partial charge on any atom is 0.226 e. The summed E-state index contributed by atoms with van der Waals surface area (Å²) in [5.41, 5.74) is 8.40. The van der Waals surface area contributed by atoms with Gasteiger partial charge in [0.15, 0.2) is 0 Å². The lowest BCUT2D eigenvalue weighted by Gasteiger charge is -2.13. The van der Waals surface area contributed by atoms with Crippen LogP contribution in [0, 0.1) is 28.5 Å². The van der Waals surface area contributed by atoms with E-state index in [1.54, 1.807) is 24.3 Å². The van der Waals surface area contributed by atoms with Crippen LogP contribution in [0.2, 0.25) is 5.02 Å². The predicted octanol–water partition coefficient (Wildman–Crippen LogP) is 5.19. The van der Waals surface area contributed by atoms with Gasteiger partial charge in [-0.1, -0.05) is 35.5 Å². The second-order valence-electron chi connectivity index (χ2n) is 7.31. The van der Waals surface area contributed by atoms with Gasteiger partial charge in [0.2, 0.25) is 5.89 Å². The summed E-state index contributed by atoms with van der Waals surface area (Å²) in [6.07, 6.45) is 1.45. The molecule has 4 aromatic rings. The third kappa shape index (κ3) is 5.26. The largest absolute Gasteiger partial charge is 0.491 e. The minimum atomic E-state index is -0.542. The summed E-state index contributed by atoms with van der Waals surface area (Å²) in [6, 6.07) is 15.1. The highest BCUT2D eigenvalue weighted by molar-refractivity contribution is 7.98. The van der Waals surface area contributed by atoms with Gasteiger partial charge in [0, 0.05) is 16.9 Å². The van der Waals surface area contributed by atoms with Gasteiger partial charge in [-0.05, 0) is 35.9 Å². The molecular weight excluding hydrogens is 505 g/mol. The van der Waals surface area contributed by atoms with Crippen LogP contribution in [0.3, 0.4) is 0 Å². The van der Waals surface area contributed by atoms with Crippen LogP contribution >= 0.6 is 23.4 Å². The average Bonchev–Trinajstić information content (AvgIpc) is 3.37. The molecule has 0 radical (unpaired) electrons. The van der Waals surface area contributed by atoms with Gasteiger partial charge in [-0.25, -0.2) is 14.4 Å². The Hall–Kier alpha value is -4.09. The Labute approximate surface area is 214 Å². The lowest BCUT2D eigenvalue weighted by atomic mass is 9.97. The zero-order valence-corrected chi connectivity index (χ0v) is 20.1. The molecule has 0 saturated heterocycles. The van der Waals surface area contributed by atoms with Crippen LogP contribution in [0.25, 0.3) is 22.6 Å². The molecule has 11 heteroatoms.